The lowest BCUT2D eigenvalue weighted by atomic mass is 10.3. The van der Waals surface area contributed by atoms with Gasteiger partial charge in [-0.05, 0) is 11.6 Å². The number of amides is 2. The fourth-order valence-electron chi connectivity index (χ4n) is 1.63. The number of carbonyl (C=O) groups is 1. The molecule has 2 aromatic heterocycles. The summed E-state index contributed by atoms with van der Waals surface area (Å²) in [5, 5.41) is 9.55. The molecular weight excluding hydrogens is 258 g/mol. The van der Waals surface area contributed by atoms with Gasteiger partial charge in [-0.1, -0.05) is 6.07 Å². The van der Waals surface area contributed by atoms with Crippen LogP contribution in [0.2, 0.25) is 0 Å². The van der Waals surface area contributed by atoms with Crippen LogP contribution in [0, 0.1) is 0 Å². The molecule has 2 aromatic rings. The third-order valence-electron chi connectivity index (χ3n) is 2.81. The SMILES string of the molecule is COc1ccc(CNC(=O)NCc2ccnn2C)cn1. The van der Waals surface area contributed by atoms with E-state index in [0.29, 0.717) is 19.0 Å². The van der Waals surface area contributed by atoms with Crippen molar-refractivity contribution in [2.24, 2.45) is 7.05 Å². The van der Waals surface area contributed by atoms with Gasteiger partial charge in [0.05, 0.1) is 19.3 Å². The van der Waals surface area contributed by atoms with E-state index in [0.717, 1.165) is 11.3 Å². The average molecular weight is 275 g/mol. The van der Waals surface area contributed by atoms with Crippen molar-refractivity contribution in [2.45, 2.75) is 13.1 Å². The van der Waals surface area contributed by atoms with Gasteiger partial charge in [0.2, 0.25) is 5.88 Å². The summed E-state index contributed by atoms with van der Waals surface area (Å²) in [6.07, 6.45) is 3.36. The summed E-state index contributed by atoms with van der Waals surface area (Å²) in [5.41, 5.74) is 1.84. The summed E-state index contributed by atoms with van der Waals surface area (Å²) >= 11 is 0. The van der Waals surface area contributed by atoms with Gasteiger partial charge in [0.1, 0.15) is 0 Å². The van der Waals surface area contributed by atoms with Crippen molar-refractivity contribution in [3.05, 3.63) is 41.9 Å². The first-order valence-electron chi connectivity index (χ1n) is 6.16. The minimum absolute atomic E-state index is 0.234. The predicted octanol–water partition coefficient (Wildman–Crippen LogP) is 0.823. The van der Waals surface area contributed by atoms with Gasteiger partial charge in [-0.25, -0.2) is 9.78 Å². The molecule has 0 aromatic carbocycles. The normalized spacial score (nSPS) is 10.1. The van der Waals surface area contributed by atoms with Crippen molar-refractivity contribution < 1.29 is 9.53 Å². The zero-order valence-electron chi connectivity index (χ0n) is 11.5. The number of ether oxygens (including phenoxy) is 1. The number of urea groups is 1. The van der Waals surface area contributed by atoms with Gasteiger partial charge < -0.3 is 15.4 Å². The Morgan fingerprint density at radius 1 is 1.30 bits per heavy atom. The van der Waals surface area contributed by atoms with Gasteiger partial charge in [0, 0.05) is 32.1 Å². The highest BCUT2D eigenvalue weighted by atomic mass is 16.5. The van der Waals surface area contributed by atoms with Crippen molar-refractivity contribution in [1.29, 1.82) is 0 Å². The number of hydrogen-bond donors (Lipinski definition) is 2. The molecule has 0 fully saturated rings. The van der Waals surface area contributed by atoms with Gasteiger partial charge in [-0.3, -0.25) is 4.68 Å². The number of rotatable bonds is 5. The van der Waals surface area contributed by atoms with E-state index in [9.17, 15) is 4.79 Å². The first-order valence-corrected chi connectivity index (χ1v) is 6.16. The van der Waals surface area contributed by atoms with Crippen molar-refractivity contribution in [3.63, 3.8) is 0 Å². The summed E-state index contributed by atoms with van der Waals surface area (Å²) in [4.78, 5) is 15.7. The van der Waals surface area contributed by atoms with Gasteiger partial charge in [-0.15, -0.1) is 0 Å². The molecule has 7 heteroatoms. The monoisotopic (exact) mass is 275 g/mol. The molecule has 7 nitrogen and oxygen atoms in total. The highest BCUT2D eigenvalue weighted by molar-refractivity contribution is 5.73. The average Bonchev–Trinajstić information content (AvgIpc) is 2.89. The van der Waals surface area contributed by atoms with Crippen molar-refractivity contribution >= 4 is 6.03 Å². The van der Waals surface area contributed by atoms with Crippen LogP contribution in [0.1, 0.15) is 11.3 Å². The highest BCUT2D eigenvalue weighted by Gasteiger charge is 2.03. The molecule has 0 aliphatic carbocycles. The lowest BCUT2D eigenvalue weighted by Crippen LogP contribution is -2.35. The van der Waals surface area contributed by atoms with E-state index >= 15 is 0 Å². The Labute approximate surface area is 117 Å². The fraction of sp³-hybridized carbons (Fsp3) is 0.308. The van der Waals surface area contributed by atoms with E-state index in [-0.39, 0.29) is 6.03 Å². The predicted molar refractivity (Wildman–Crippen MR) is 73.1 cm³/mol. The maximum absolute atomic E-state index is 11.6. The Morgan fingerprint density at radius 2 is 2.10 bits per heavy atom. The number of hydrogen-bond acceptors (Lipinski definition) is 4. The summed E-state index contributed by atoms with van der Waals surface area (Å²) < 4.78 is 6.68. The first-order chi connectivity index (χ1) is 9.69. The fourth-order valence-corrected chi connectivity index (χ4v) is 1.63. The van der Waals surface area contributed by atoms with Crippen LogP contribution in [0.25, 0.3) is 0 Å². The van der Waals surface area contributed by atoms with Crippen LogP contribution in [0.4, 0.5) is 4.79 Å². The topological polar surface area (TPSA) is 81.1 Å². The Kier molecular flexibility index (Phi) is 4.54. The molecule has 2 rings (SSSR count). The van der Waals surface area contributed by atoms with Gasteiger partial charge in [0.15, 0.2) is 0 Å². The van der Waals surface area contributed by atoms with E-state index in [1.165, 1.54) is 0 Å². The number of pyridine rings is 1. The van der Waals surface area contributed by atoms with Gasteiger partial charge in [0.25, 0.3) is 0 Å². The van der Waals surface area contributed by atoms with E-state index in [4.69, 9.17) is 4.74 Å². The quantitative estimate of drug-likeness (QED) is 0.846. The molecule has 0 aliphatic heterocycles. The number of nitrogens with one attached hydrogen (secondary N) is 2. The van der Waals surface area contributed by atoms with Crippen molar-refractivity contribution in [1.82, 2.24) is 25.4 Å². The van der Waals surface area contributed by atoms with E-state index in [1.807, 2.05) is 19.2 Å². The van der Waals surface area contributed by atoms with Crippen molar-refractivity contribution in [3.8, 4) is 5.88 Å². The van der Waals surface area contributed by atoms with Crippen LogP contribution in [0.15, 0.2) is 30.6 Å². The molecule has 106 valence electrons. The molecular formula is C13H17N5O2. The van der Waals surface area contributed by atoms with E-state index in [1.54, 1.807) is 30.3 Å². The lowest BCUT2D eigenvalue weighted by Gasteiger charge is -2.08. The highest BCUT2D eigenvalue weighted by Crippen LogP contribution is 2.06. The Balaban J connectivity index is 1.75. The zero-order valence-corrected chi connectivity index (χ0v) is 11.5. The summed E-state index contributed by atoms with van der Waals surface area (Å²) in [6, 6.07) is 5.23. The number of methoxy groups -OCH3 is 1. The molecule has 0 spiro atoms. The smallest absolute Gasteiger partial charge is 0.315 e. The summed E-state index contributed by atoms with van der Waals surface area (Å²) in [7, 11) is 3.39. The molecule has 2 amide bonds. The van der Waals surface area contributed by atoms with Crippen LogP contribution in [0.5, 0.6) is 5.88 Å². The van der Waals surface area contributed by atoms with Crippen LogP contribution < -0.4 is 15.4 Å². The molecule has 2 N–H and O–H groups in total. The molecule has 0 bridgehead atoms. The second kappa shape index (κ2) is 6.55. The van der Waals surface area contributed by atoms with E-state index < -0.39 is 0 Å². The molecule has 0 atom stereocenters. The minimum atomic E-state index is -0.234. The summed E-state index contributed by atoms with van der Waals surface area (Å²) in [5.74, 6) is 0.550. The number of carbonyl (C=O) groups excluding carboxylic acids is 1. The largest absolute Gasteiger partial charge is 0.481 e. The molecule has 0 unspecified atom stereocenters. The Bertz CT molecular complexity index is 564. The third-order valence-corrected chi connectivity index (χ3v) is 2.81. The van der Waals surface area contributed by atoms with Gasteiger partial charge >= 0.3 is 6.03 Å². The lowest BCUT2D eigenvalue weighted by molar-refractivity contribution is 0.240. The second-order valence-corrected chi connectivity index (χ2v) is 4.19. The second-order valence-electron chi connectivity index (χ2n) is 4.19. The molecule has 2 heterocycles. The van der Waals surface area contributed by atoms with Crippen molar-refractivity contribution in [2.75, 3.05) is 7.11 Å². The Hall–Kier alpha value is -2.57. The molecule has 0 aliphatic rings. The van der Waals surface area contributed by atoms with E-state index in [2.05, 4.69) is 20.7 Å². The molecule has 0 radical (unpaired) electrons. The molecule has 20 heavy (non-hydrogen) atoms. The first kappa shape index (κ1) is 13.9. The standard InChI is InChI=1S/C13H17N5O2/c1-18-11(5-6-17-18)9-16-13(19)15-8-10-3-4-12(20-2)14-7-10/h3-7H,8-9H2,1-2H3,(H2,15,16,19). The van der Waals surface area contributed by atoms with Crippen LogP contribution in [0.3, 0.4) is 0 Å². The summed E-state index contributed by atoms with van der Waals surface area (Å²) in [6.45, 7) is 0.845. The number of nitrogens with zero attached hydrogens (tertiary/aromatic N) is 3. The Morgan fingerprint density at radius 3 is 2.70 bits per heavy atom. The third kappa shape index (κ3) is 3.71. The zero-order chi connectivity index (χ0) is 14.4. The molecule has 0 saturated carbocycles. The van der Waals surface area contributed by atoms with Crippen LogP contribution in [-0.2, 0) is 20.1 Å². The van der Waals surface area contributed by atoms with Gasteiger partial charge in [-0.2, -0.15) is 5.10 Å². The number of aromatic nitrogens is 3. The number of aryl methyl sites for hydroxylation is 1. The van der Waals surface area contributed by atoms with Crippen LogP contribution in [-0.4, -0.2) is 27.9 Å². The van der Waals surface area contributed by atoms with Crippen LogP contribution >= 0.6 is 0 Å². The molecule has 0 saturated heterocycles. The maximum atomic E-state index is 11.6. The minimum Gasteiger partial charge on any atom is -0.481 e. The maximum Gasteiger partial charge on any atom is 0.315 e.